The molecule has 0 radical (unpaired) electrons. The van der Waals surface area contributed by atoms with Crippen molar-refractivity contribution in [3.8, 4) is 11.5 Å². The first-order valence-corrected chi connectivity index (χ1v) is 13.5. The number of esters is 1. The van der Waals surface area contributed by atoms with E-state index in [1.807, 2.05) is 60.7 Å². The second-order valence-electron chi connectivity index (χ2n) is 10.0. The minimum atomic E-state index is -0.895. The van der Waals surface area contributed by atoms with Crippen LogP contribution in [0.15, 0.2) is 95.5 Å². The van der Waals surface area contributed by atoms with Crippen molar-refractivity contribution in [3.63, 3.8) is 0 Å². The average molecular weight is 580 g/mol. The van der Waals surface area contributed by atoms with Gasteiger partial charge in [0.1, 0.15) is 11.5 Å². The maximum absolute atomic E-state index is 14.1. The number of hydrogen-bond donors (Lipinski definition) is 0. The molecule has 0 saturated carbocycles. The number of carbonyl (C=O) groups is 3. The van der Waals surface area contributed by atoms with Gasteiger partial charge in [-0.25, -0.2) is 4.90 Å². The van der Waals surface area contributed by atoms with Crippen LogP contribution in [0.5, 0.6) is 11.5 Å². The maximum Gasteiger partial charge on any atom is 0.319 e. The van der Waals surface area contributed by atoms with Crippen molar-refractivity contribution in [2.75, 3.05) is 12.0 Å². The Morgan fingerprint density at radius 1 is 0.821 bits per heavy atom. The molecule has 0 aromatic heterocycles. The van der Waals surface area contributed by atoms with Crippen molar-refractivity contribution in [2.24, 2.45) is 17.8 Å². The smallest absolute Gasteiger partial charge is 0.319 e. The Bertz CT molecular complexity index is 1710. The van der Waals surface area contributed by atoms with E-state index in [2.05, 4.69) is 15.9 Å². The highest BCUT2D eigenvalue weighted by Crippen LogP contribution is 2.55. The summed E-state index contributed by atoms with van der Waals surface area (Å²) < 4.78 is 12.0. The molecule has 2 amide bonds. The molecule has 1 aliphatic carbocycles. The van der Waals surface area contributed by atoms with Gasteiger partial charge < -0.3 is 9.47 Å². The number of methoxy groups -OCH3 is 1. The summed E-state index contributed by atoms with van der Waals surface area (Å²) in [5.41, 5.74) is 2.89. The highest BCUT2D eigenvalue weighted by atomic mass is 79.9. The second-order valence-corrected chi connectivity index (χ2v) is 10.9. The topological polar surface area (TPSA) is 72.9 Å². The van der Waals surface area contributed by atoms with Gasteiger partial charge in [-0.2, -0.15) is 0 Å². The zero-order valence-corrected chi connectivity index (χ0v) is 22.4. The molecule has 0 unspecified atom stereocenters. The number of allylic oxidation sites excluding steroid dienone is 1. The lowest BCUT2D eigenvalue weighted by Gasteiger charge is -2.38. The van der Waals surface area contributed by atoms with E-state index in [4.69, 9.17) is 9.47 Å². The minimum Gasteiger partial charge on any atom is -0.497 e. The summed E-state index contributed by atoms with van der Waals surface area (Å²) in [5, 5.41) is 1.94. The SMILES string of the molecule is COc1ccc([C@@H]2C=C3c4c(ccc5ccccc45)OC(=O)[C@@H]3[C@@H]3C(=O)N(c4ccc(Br)cc4)C(=O)[C@@H]32)cc1. The average Bonchev–Trinajstić information content (AvgIpc) is 3.22. The molecule has 6 nitrogen and oxygen atoms in total. The summed E-state index contributed by atoms with van der Waals surface area (Å²) in [5.74, 6) is -3.02. The number of halogens is 1. The molecule has 0 bridgehead atoms. The Morgan fingerprint density at radius 3 is 2.28 bits per heavy atom. The second kappa shape index (κ2) is 8.92. The van der Waals surface area contributed by atoms with Crippen LogP contribution in [-0.4, -0.2) is 24.9 Å². The van der Waals surface area contributed by atoms with Gasteiger partial charge in [0.15, 0.2) is 0 Å². The van der Waals surface area contributed by atoms with E-state index in [0.717, 1.165) is 31.9 Å². The van der Waals surface area contributed by atoms with Crippen LogP contribution in [0.1, 0.15) is 17.0 Å². The van der Waals surface area contributed by atoms with E-state index in [1.54, 1.807) is 37.4 Å². The van der Waals surface area contributed by atoms with Gasteiger partial charge in [-0.15, -0.1) is 0 Å². The molecule has 39 heavy (non-hydrogen) atoms. The van der Waals surface area contributed by atoms with Crippen LogP contribution >= 0.6 is 15.9 Å². The third kappa shape index (κ3) is 3.57. The van der Waals surface area contributed by atoms with Crippen molar-refractivity contribution < 1.29 is 23.9 Å². The number of ether oxygens (including phenoxy) is 2. The molecule has 1 fully saturated rings. The van der Waals surface area contributed by atoms with Crippen LogP contribution in [0.3, 0.4) is 0 Å². The van der Waals surface area contributed by atoms with Gasteiger partial charge in [-0.3, -0.25) is 14.4 Å². The number of carbonyl (C=O) groups excluding carboxylic acids is 3. The molecule has 192 valence electrons. The summed E-state index contributed by atoms with van der Waals surface area (Å²) in [6.07, 6.45) is 2.01. The molecular formula is C32H22BrNO5. The third-order valence-electron chi connectivity index (χ3n) is 8.07. The molecule has 4 aromatic rings. The minimum absolute atomic E-state index is 0.319. The van der Waals surface area contributed by atoms with Crippen LogP contribution in [0.25, 0.3) is 16.3 Å². The molecular weight excluding hydrogens is 558 g/mol. The summed E-state index contributed by atoms with van der Waals surface area (Å²) in [7, 11) is 1.60. The number of amides is 2. The van der Waals surface area contributed by atoms with Gasteiger partial charge in [0.25, 0.3) is 0 Å². The number of rotatable bonds is 3. The Kier molecular flexibility index (Phi) is 5.45. The molecule has 7 heteroatoms. The van der Waals surface area contributed by atoms with Crippen molar-refractivity contribution >= 4 is 55.7 Å². The van der Waals surface area contributed by atoms with Crippen LogP contribution in [0.4, 0.5) is 5.69 Å². The molecule has 0 spiro atoms. The molecule has 0 N–H and O–H groups in total. The Labute approximate surface area is 233 Å². The predicted octanol–water partition coefficient (Wildman–Crippen LogP) is 6.13. The zero-order chi connectivity index (χ0) is 26.8. The number of imide groups is 1. The van der Waals surface area contributed by atoms with Gasteiger partial charge in [0, 0.05) is 16.0 Å². The van der Waals surface area contributed by atoms with Crippen molar-refractivity contribution in [3.05, 3.63) is 107 Å². The first kappa shape index (κ1) is 23.9. The van der Waals surface area contributed by atoms with Crippen LogP contribution in [0, 0.1) is 17.8 Å². The van der Waals surface area contributed by atoms with E-state index in [-0.39, 0.29) is 11.8 Å². The van der Waals surface area contributed by atoms with Crippen LogP contribution in [-0.2, 0) is 14.4 Å². The van der Waals surface area contributed by atoms with Crippen LogP contribution in [0.2, 0.25) is 0 Å². The highest BCUT2D eigenvalue weighted by molar-refractivity contribution is 9.10. The number of nitrogens with zero attached hydrogens (tertiary/aromatic N) is 1. The van der Waals surface area contributed by atoms with Crippen molar-refractivity contribution in [1.82, 2.24) is 0 Å². The fraction of sp³-hybridized carbons (Fsp3) is 0.156. The first-order chi connectivity index (χ1) is 19.0. The monoisotopic (exact) mass is 579 g/mol. The lowest BCUT2D eigenvalue weighted by molar-refractivity contribution is -0.142. The fourth-order valence-electron chi connectivity index (χ4n) is 6.33. The third-order valence-corrected chi connectivity index (χ3v) is 8.60. The molecule has 4 aromatic carbocycles. The predicted molar refractivity (Wildman–Crippen MR) is 150 cm³/mol. The normalized spacial score (nSPS) is 23.6. The highest BCUT2D eigenvalue weighted by Gasteiger charge is 2.60. The lowest BCUT2D eigenvalue weighted by atomic mass is 9.64. The Balaban J connectivity index is 1.46. The first-order valence-electron chi connectivity index (χ1n) is 12.7. The van der Waals surface area contributed by atoms with Gasteiger partial charge >= 0.3 is 5.97 Å². The number of benzene rings is 4. The fourth-order valence-corrected chi connectivity index (χ4v) is 6.59. The van der Waals surface area contributed by atoms with Gasteiger partial charge in [0.05, 0.1) is 30.6 Å². The molecule has 7 rings (SSSR count). The molecule has 3 aliphatic rings. The van der Waals surface area contributed by atoms with Crippen LogP contribution < -0.4 is 14.4 Å². The van der Waals surface area contributed by atoms with E-state index in [0.29, 0.717) is 17.2 Å². The maximum atomic E-state index is 14.1. The molecule has 2 heterocycles. The van der Waals surface area contributed by atoms with E-state index < -0.39 is 29.6 Å². The quantitative estimate of drug-likeness (QED) is 0.166. The van der Waals surface area contributed by atoms with E-state index in [9.17, 15) is 14.4 Å². The van der Waals surface area contributed by atoms with Crippen molar-refractivity contribution in [1.29, 1.82) is 0 Å². The van der Waals surface area contributed by atoms with Gasteiger partial charge in [0.2, 0.25) is 11.8 Å². The van der Waals surface area contributed by atoms with E-state index >= 15 is 0 Å². The lowest BCUT2D eigenvalue weighted by Crippen LogP contribution is -2.42. The van der Waals surface area contributed by atoms with Crippen molar-refractivity contribution in [2.45, 2.75) is 5.92 Å². The Hall–Kier alpha value is -4.23. The zero-order valence-electron chi connectivity index (χ0n) is 20.8. The Morgan fingerprint density at radius 2 is 1.54 bits per heavy atom. The summed E-state index contributed by atoms with van der Waals surface area (Å²) >= 11 is 3.42. The molecule has 2 aliphatic heterocycles. The summed E-state index contributed by atoms with van der Waals surface area (Å²) in [6, 6.07) is 26.2. The number of hydrogen-bond acceptors (Lipinski definition) is 5. The summed E-state index contributed by atoms with van der Waals surface area (Å²) in [6.45, 7) is 0. The standard InChI is InChI=1S/C32H22BrNO5/c1-38-21-13-6-18(7-14-21)23-16-24-26-22-5-3-2-4-17(22)8-15-25(26)39-32(37)28(24)29-27(23)30(35)34(31(29)36)20-11-9-19(33)10-12-20/h2-16,23,27-29H,1H3/t23-,27+,28-,29+/m0/s1. The molecule has 4 atom stereocenters. The van der Waals surface area contributed by atoms with Gasteiger partial charge in [-0.1, -0.05) is 64.5 Å². The van der Waals surface area contributed by atoms with Gasteiger partial charge in [-0.05, 0) is 64.4 Å². The van der Waals surface area contributed by atoms with E-state index in [1.165, 1.54) is 4.90 Å². The number of anilines is 1. The number of fused-ring (bicyclic) bond motifs is 7. The molecule has 1 saturated heterocycles. The largest absolute Gasteiger partial charge is 0.497 e. The summed E-state index contributed by atoms with van der Waals surface area (Å²) in [4.78, 5) is 43.0.